The summed E-state index contributed by atoms with van der Waals surface area (Å²) in [5.41, 5.74) is 0. The van der Waals surface area contributed by atoms with Crippen molar-refractivity contribution in [3.05, 3.63) is 0 Å². The second kappa shape index (κ2) is 7.18. The summed E-state index contributed by atoms with van der Waals surface area (Å²) >= 11 is 0. The Kier molecular flexibility index (Phi) is 7.23. The van der Waals surface area contributed by atoms with Gasteiger partial charge >= 0.3 is 140 Å². The van der Waals surface area contributed by atoms with E-state index in [0.29, 0.717) is 0 Å². The third-order valence-corrected chi connectivity index (χ3v) is 15.9. The van der Waals surface area contributed by atoms with Crippen LogP contribution in [0.4, 0.5) is 7.77 Å². The van der Waals surface area contributed by atoms with Gasteiger partial charge in [0, 0.05) is 0 Å². The molecule has 0 aromatic carbocycles. The first-order valence-corrected chi connectivity index (χ1v) is 13.5. The van der Waals surface area contributed by atoms with Gasteiger partial charge in [-0.1, -0.05) is 0 Å². The van der Waals surface area contributed by atoms with Crippen molar-refractivity contribution in [1.29, 1.82) is 0 Å². The number of hydrogen-bond acceptors (Lipinski definition) is 4. The van der Waals surface area contributed by atoms with E-state index in [1.54, 1.807) is 41.5 Å². The van der Waals surface area contributed by atoms with Crippen molar-refractivity contribution in [3.8, 4) is 0 Å². The Morgan fingerprint density at radius 3 is 1.09 bits per heavy atom. The molecule has 0 spiro atoms. The van der Waals surface area contributed by atoms with Gasteiger partial charge in [0.15, 0.2) is 0 Å². The van der Waals surface area contributed by atoms with Crippen molar-refractivity contribution in [2.45, 2.75) is 41.5 Å². The maximum atomic E-state index is 14.0. The number of halogens is 2. The number of rotatable bonds is 9. The summed E-state index contributed by atoms with van der Waals surface area (Å²) in [5.74, 6) is -0.330. The van der Waals surface area contributed by atoms with Gasteiger partial charge in [0.05, 0.1) is 0 Å². The van der Waals surface area contributed by atoms with Crippen LogP contribution in [-0.2, 0) is 20.8 Å². The maximum absolute atomic E-state index is 14.0. The summed E-state index contributed by atoms with van der Waals surface area (Å²) in [6.07, 6.45) is 0.441. The van der Waals surface area contributed by atoms with Gasteiger partial charge < -0.3 is 0 Å². The predicted molar refractivity (Wildman–Crippen MR) is 93.9 cm³/mol. The van der Waals surface area contributed by atoms with Crippen LogP contribution in [0.2, 0.25) is 0 Å². The Balaban J connectivity index is 6.82. The molecule has 0 saturated heterocycles. The van der Waals surface area contributed by atoms with Gasteiger partial charge in [-0.25, -0.2) is 0 Å². The zero-order chi connectivity index (χ0) is 18.9. The summed E-state index contributed by atoms with van der Waals surface area (Å²) in [6.45, 7) is 8.25. The summed E-state index contributed by atoms with van der Waals surface area (Å²) in [6, 6.07) is 0. The van der Waals surface area contributed by atoms with E-state index in [-0.39, 0.29) is 39.7 Å². The van der Waals surface area contributed by atoms with Crippen molar-refractivity contribution in [3.63, 3.8) is 0 Å². The van der Waals surface area contributed by atoms with Gasteiger partial charge in [-0.2, -0.15) is 0 Å². The molecule has 0 unspecified atom stereocenters. The summed E-state index contributed by atoms with van der Waals surface area (Å²) in [5, 5.41) is 0. The predicted octanol–water partition coefficient (Wildman–Crippen LogP) is 3.78. The Bertz CT molecular complexity index is 557. The van der Waals surface area contributed by atoms with Crippen LogP contribution in [0, 0.1) is 17.8 Å². The van der Waals surface area contributed by atoms with E-state index in [0.717, 1.165) is 0 Å². The molecule has 10 heteroatoms. The fraction of sp³-hybridized carbons (Fsp3) is 1.00. The van der Waals surface area contributed by atoms with Crippen LogP contribution in [0.1, 0.15) is 41.5 Å². The molecule has 23 heavy (non-hydrogen) atoms. The quantitative estimate of drug-likeness (QED) is 0.438. The first kappa shape index (κ1) is 23.1. The molecule has 0 amide bonds. The van der Waals surface area contributed by atoms with Crippen LogP contribution in [0.25, 0.3) is 0 Å². The zero-order valence-electron chi connectivity index (χ0n) is 15.0. The molecule has 0 aliphatic rings. The molecule has 0 aromatic heterocycles. The second-order valence-corrected chi connectivity index (χ2v) is 17.2. The Hall–Kier alpha value is 0.150. The molecular weight excluding hydrogens is 367 g/mol. The third-order valence-electron chi connectivity index (χ3n) is 3.55. The molecule has 0 rings (SSSR count). The van der Waals surface area contributed by atoms with Crippen LogP contribution in [0.5, 0.6) is 0 Å². The van der Waals surface area contributed by atoms with Gasteiger partial charge in [-0.3, -0.25) is 0 Å². The van der Waals surface area contributed by atoms with Crippen molar-refractivity contribution < 1.29 is 24.6 Å². The van der Waals surface area contributed by atoms with Crippen LogP contribution in [0.15, 0.2) is 0 Å². The van der Waals surface area contributed by atoms with E-state index in [9.17, 15) is 24.6 Å². The molecule has 0 N–H and O–H groups in total. The van der Waals surface area contributed by atoms with E-state index < -0.39 is 27.6 Å². The molecule has 0 aromatic rings. The SMILES string of the molecule is CC(C)CP(C)(CC(C)C)(CC(C)C)N(S(=O)(=O)F)S(=O)(=O)F. The van der Waals surface area contributed by atoms with E-state index in [1.807, 2.05) is 0 Å². The first-order valence-electron chi connectivity index (χ1n) is 7.63. The molecule has 0 atom stereocenters. The minimum absolute atomic E-state index is 0.110. The number of nitrogens with zero attached hydrogens (tertiary/aromatic N) is 1. The van der Waals surface area contributed by atoms with Crippen LogP contribution in [-0.4, -0.2) is 45.5 Å². The number of hydrogen-bond donors (Lipinski definition) is 0. The average Bonchev–Trinajstić information content (AvgIpc) is 2.03. The van der Waals surface area contributed by atoms with Crippen LogP contribution in [0.3, 0.4) is 0 Å². The monoisotopic (exact) mass is 397 g/mol. The minimum atomic E-state index is -5.75. The topological polar surface area (TPSA) is 71.5 Å². The van der Waals surface area contributed by atoms with Crippen molar-refractivity contribution in [2.24, 2.45) is 17.8 Å². The fourth-order valence-electron chi connectivity index (χ4n) is 4.27. The molecular formula is C13H30F2NO4PS2. The molecule has 0 saturated carbocycles. The third kappa shape index (κ3) is 6.18. The van der Waals surface area contributed by atoms with E-state index in [1.165, 1.54) is 6.66 Å². The van der Waals surface area contributed by atoms with E-state index in [4.69, 9.17) is 0 Å². The summed E-state index contributed by atoms with van der Waals surface area (Å²) < 4.78 is 74.1. The Labute approximate surface area is 140 Å². The fourth-order valence-corrected chi connectivity index (χ4v) is 18.3. The van der Waals surface area contributed by atoms with Crippen molar-refractivity contribution >= 4 is 27.6 Å². The van der Waals surface area contributed by atoms with E-state index in [2.05, 4.69) is 0 Å². The van der Waals surface area contributed by atoms with Gasteiger partial charge in [-0.05, 0) is 0 Å². The van der Waals surface area contributed by atoms with Crippen molar-refractivity contribution in [1.82, 2.24) is 3.48 Å². The average molecular weight is 397 g/mol. The molecule has 142 valence electrons. The van der Waals surface area contributed by atoms with Gasteiger partial charge in [-0.15, -0.1) is 0 Å². The summed E-state index contributed by atoms with van der Waals surface area (Å²) in [7, 11) is -11.5. The Morgan fingerprint density at radius 2 is 0.957 bits per heavy atom. The molecule has 0 fully saturated rings. The molecule has 0 radical (unpaired) electrons. The standard InChI is InChI=1S/C13H30F2NO4PS2/c1-11(2)8-21(7,9-12(3)4,10-13(5)6)16(22(14,17)18)23(15,19)20/h11-13H,8-10H2,1-7H3. The van der Waals surface area contributed by atoms with Crippen molar-refractivity contribution in [2.75, 3.05) is 25.2 Å². The van der Waals surface area contributed by atoms with Gasteiger partial charge in [0.2, 0.25) is 0 Å². The molecule has 0 heterocycles. The van der Waals surface area contributed by atoms with E-state index >= 15 is 0 Å². The molecule has 0 bridgehead atoms. The molecule has 0 aliphatic heterocycles. The van der Waals surface area contributed by atoms with Gasteiger partial charge in [0.25, 0.3) is 0 Å². The molecule has 0 aliphatic carbocycles. The normalized spacial score (nSPS) is 16.3. The first-order chi connectivity index (χ1) is 9.92. The van der Waals surface area contributed by atoms with Crippen LogP contribution >= 0.6 is 6.75 Å². The zero-order valence-corrected chi connectivity index (χ0v) is 17.5. The summed E-state index contributed by atoms with van der Waals surface area (Å²) in [4.78, 5) is 0. The van der Waals surface area contributed by atoms with Gasteiger partial charge in [0.1, 0.15) is 0 Å². The molecule has 5 nitrogen and oxygen atoms in total. The Morgan fingerprint density at radius 1 is 0.739 bits per heavy atom. The van der Waals surface area contributed by atoms with Crippen LogP contribution < -0.4 is 0 Å². The second-order valence-electron chi connectivity index (χ2n) is 8.04.